The Balaban J connectivity index is 1.52. The van der Waals surface area contributed by atoms with Gasteiger partial charge in [0.25, 0.3) is 5.91 Å². The summed E-state index contributed by atoms with van der Waals surface area (Å²) in [5.41, 5.74) is 1.72. The number of hydrogen-bond acceptors (Lipinski definition) is 8. The zero-order valence-corrected chi connectivity index (χ0v) is 20.7. The van der Waals surface area contributed by atoms with Crippen LogP contribution in [-0.4, -0.2) is 59.7 Å². The molecule has 3 heterocycles. The number of Topliss-reactive ketones (excluding diaryl/α,β-unsaturated/α-hetero) is 1. The monoisotopic (exact) mass is 540 g/mol. The Morgan fingerprint density at radius 2 is 1.67 bits per heavy atom. The average molecular weight is 540 g/mol. The van der Waals surface area contributed by atoms with Gasteiger partial charge in [-0.15, -0.1) is 18.3 Å². The lowest BCUT2D eigenvalue weighted by molar-refractivity contribution is -0.274. The molecular formula is C27H23F3N4O5. The lowest BCUT2D eigenvalue weighted by atomic mass is 9.92. The van der Waals surface area contributed by atoms with Crippen LogP contribution >= 0.6 is 0 Å². The van der Waals surface area contributed by atoms with Crippen LogP contribution in [0.1, 0.15) is 27.7 Å². The molecule has 39 heavy (non-hydrogen) atoms. The van der Waals surface area contributed by atoms with E-state index in [4.69, 9.17) is 4.74 Å². The molecule has 202 valence electrons. The van der Waals surface area contributed by atoms with Crippen LogP contribution in [0.3, 0.4) is 0 Å². The number of rotatable bonds is 6. The number of carbonyl (C=O) groups excluding carboxylic acids is 2. The molecule has 1 atom stereocenters. The zero-order chi connectivity index (χ0) is 27.7. The maximum absolute atomic E-state index is 13.7. The number of morpholine rings is 1. The summed E-state index contributed by atoms with van der Waals surface area (Å²) in [6.07, 6.45) is -4.89. The fourth-order valence-electron chi connectivity index (χ4n) is 4.56. The molecule has 1 N–H and O–H groups in total. The summed E-state index contributed by atoms with van der Waals surface area (Å²) in [5, 5.41) is 18.9. The molecule has 2 aliphatic heterocycles. The van der Waals surface area contributed by atoms with Crippen LogP contribution in [-0.2, 0) is 9.53 Å². The summed E-state index contributed by atoms with van der Waals surface area (Å²) in [4.78, 5) is 30.2. The van der Waals surface area contributed by atoms with Crippen molar-refractivity contribution in [1.29, 1.82) is 0 Å². The number of halogens is 3. The summed E-state index contributed by atoms with van der Waals surface area (Å²) in [5.74, 6) is -2.69. The van der Waals surface area contributed by atoms with E-state index >= 15 is 0 Å². The van der Waals surface area contributed by atoms with Gasteiger partial charge in [0.2, 0.25) is 0 Å². The molecule has 0 aliphatic carbocycles. The number of ether oxygens (including phenoxy) is 2. The van der Waals surface area contributed by atoms with Crippen LogP contribution in [0.2, 0.25) is 0 Å². The predicted octanol–water partition coefficient (Wildman–Crippen LogP) is 4.30. The van der Waals surface area contributed by atoms with Gasteiger partial charge in [-0.2, -0.15) is 5.10 Å². The second-order valence-electron chi connectivity index (χ2n) is 8.97. The van der Waals surface area contributed by atoms with E-state index < -0.39 is 35.6 Å². The molecule has 1 amide bonds. The topological polar surface area (TPSA) is 105 Å². The molecule has 5 rings (SSSR count). The van der Waals surface area contributed by atoms with E-state index in [2.05, 4.69) is 19.8 Å². The molecule has 0 saturated carbocycles. The number of amides is 1. The molecular weight excluding hydrogens is 517 g/mol. The molecule has 1 aromatic heterocycles. The minimum atomic E-state index is -4.89. The SMILES string of the molecule is Cc1ccc(N2C(=O)C(O)=C(C(=O)c3ccc(N4CCOCC4)cc3)C2c2ccc(OC(F)(F)F)cc2)nn1. The van der Waals surface area contributed by atoms with Gasteiger partial charge in [0, 0.05) is 24.3 Å². The molecule has 12 heteroatoms. The normalized spacial score (nSPS) is 18.1. The molecule has 9 nitrogen and oxygen atoms in total. The second kappa shape index (κ2) is 10.4. The largest absolute Gasteiger partial charge is 0.573 e. The summed E-state index contributed by atoms with van der Waals surface area (Å²) >= 11 is 0. The molecule has 2 aromatic carbocycles. The minimum Gasteiger partial charge on any atom is -0.503 e. The number of aliphatic hydroxyl groups excluding tert-OH is 1. The lowest BCUT2D eigenvalue weighted by Crippen LogP contribution is -2.36. The van der Waals surface area contributed by atoms with E-state index in [1.165, 1.54) is 18.2 Å². The van der Waals surface area contributed by atoms with Gasteiger partial charge in [0.15, 0.2) is 17.4 Å². The first-order valence-electron chi connectivity index (χ1n) is 12.0. The van der Waals surface area contributed by atoms with E-state index in [-0.39, 0.29) is 22.5 Å². The van der Waals surface area contributed by atoms with Crippen molar-refractivity contribution >= 4 is 23.2 Å². The number of nitrogens with zero attached hydrogens (tertiary/aromatic N) is 4. The van der Waals surface area contributed by atoms with Crippen LogP contribution in [0.4, 0.5) is 24.7 Å². The summed E-state index contributed by atoms with van der Waals surface area (Å²) < 4.78 is 47.4. The fourth-order valence-corrected chi connectivity index (χ4v) is 4.56. The first-order valence-corrected chi connectivity index (χ1v) is 12.0. The number of aliphatic hydroxyl groups is 1. The van der Waals surface area contributed by atoms with Crippen molar-refractivity contribution < 1.29 is 37.3 Å². The Hall–Kier alpha value is -4.45. The summed E-state index contributed by atoms with van der Waals surface area (Å²) in [6, 6.07) is 13.4. The number of benzene rings is 2. The van der Waals surface area contributed by atoms with Gasteiger partial charge < -0.3 is 19.5 Å². The lowest BCUT2D eigenvalue weighted by Gasteiger charge is -2.29. The summed E-state index contributed by atoms with van der Waals surface area (Å²) in [6.45, 7) is 4.29. The smallest absolute Gasteiger partial charge is 0.503 e. The molecule has 2 aliphatic rings. The first kappa shape index (κ1) is 26.2. The first-order chi connectivity index (χ1) is 18.6. The van der Waals surface area contributed by atoms with Gasteiger partial charge in [-0.3, -0.25) is 14.5 Å². The average Bonchev–Trinajstić information content (AvgIpc) is 3.19. The third kappa shape index (κ3) is 5.41. The highest BCUT2D eigenvalue weighted by molar-refractivity contribution is 6.20. The molecule has 0 bridgehead atoms. The molecule has 0 radical (unpaired) electrons. The number of carbonyl (C=O) groups is 2. The highest BCUT2D eigenvalue weighted by atomic mass is 19.4. The quantitative estimate of drug-likeness (QED) is 0.462. The second-order valence-corrected chi connectivity index (χ2v) is 8.97. The van der Waals surface area contributed by atoms with Gasteiger partial charge in [-0.05, 0) is 61.0 Å². The zero-order valence-electron chi connectivity index (χ0n) is 20.7. The van der Waals surface area contributed by atoms with Gasteiger partial charge in [0.1, 0.15) is 5.75 Å². The van der Waals surface area contributed by atoms with E-state index in [9.17, 15) is 27.9 Å². The van der Waals surface area contributed by atoms with Crippen LogP contribution in [0.25, 0.3) is 0 Å². The maximum Gasteiger partial charge on any atom is 0.573 e. The van der Waals surface area contributed by atoms with Crippen LogP contribution in [0.5, 0.6) is 5.75 Å². The van der Waals surface area contributed by atoms with E-state index in [0.29, 0.717) is 32.0 Å². The Morgan fingerprint density at radius 1 is 1.00 bits per heavy atom. The third-order valence-corrected chi connectivity index (χ3v) is 6.42. The van der Waals surface area contributed by atoms with Gasteiger partial charge in [-0.25, -0.2) is 0 Å². The summed E-state index contributed by atoms with van der Waals surface area (Å²) in [7, 11) is 0. The Bertz CT molecular complexity index is 1400. The van der Waals surface area contributed by atoms with Gasteiger partial charge in [-0.1, -0.05) is 12.1 Å². The Labute approximate surface area is 221 Å². The molecule has 3 aromatic rings. The van der Waals surface area contributed by atoms with E-state index in [1.807, 2.05) is 0 Å². The fraction of sp³-hybridized carbons (Fsp3) is 0.259. The Kier molecular flexibility index (Phi) is 6.96. The van der Waals surface area contributed by atoms with Crippen LogP contribution < -0.4 is 14.5 Å². The van der Waals surface area contributed by atoms with Crippen LogP contribution in [0.15, 0.2) is 72.0 Å². The van der Waals surface area contributed by atoms with Crippen molar-refractivity contribution in [2.45, 2.75) is 19.3 Å². The maximum atomic E-state index is 13.7. The van der Waals surface area contributed by atoms with Crippen molar-refractivity contribution in [2.75, 3.05) is 36.1 Å². The van der Waals surface area contributed by atoms with Crippen molar-refractivity contribution in [3.63, 3.8) is 0 Å². The number of aryl methyl sites for hydroxylation is 1. The molecule has 1 saturated heterocycles. The number of anilines is 2. The van der Waals surface area contributed by atoms with Gasteiger partial charge >= 0.3 is 6.36 Å². The number of alkyl halides is 3. The van der Waals surface area contributed by atoms with E-state index in [0.717, 1.165) is 22.7 Å². The third-order valence-electron chi connectivity index (χ3n) is 6.42. The van der Waals surface area contributed by atoms with Crippen molar-refractivity contribution in [2.24, 2.45) is 0 Å². The highest BCUT2D eigenvalue weighted by Crippen LogP contribution is 2.42. The van der Waals surface area contributed by atoms with Gasteiger partial charge in [0.05, 0.1) is 30.5 Å². The minimum absolute atomic E-state index is 0.0585. The number of hydrogen-bond donors (Lipinski definition) is 1. The molecule has 0 spiro atoms. The predicted molar refractivity (Wildman–Crippen MR) is 134 cm³/mol. The standard InChI is InChI=1S/C27H23F3N4O5/c1-16-2-11-21(32-31-16)34-23(17-5-9-20(10-6-17)39-27(28,29)30)22(25(36)26(34)37)24(35)18-3-7-19(8-4-18)33-12-14-38-15-13-33/h2-11,23,36H,12-15H2,1H3. The van der Waals surface area contributed by atoms with Crippen molar-refractivity contribution in [3.8, 4) is 5.75 Å². The number of ketones is 1. The number of aromatic nitrogens is 2. The molecule has 1 unspecified atom stereocenters. The molecule has 1 fully saturated rings. The van der Waals surface area contributed by atoms with Crippen molar-refractivity contribution in [3.05, 3.63) is 88.8 Å². The highest BCUT2D eigenvalue weighted by Gasteiger charge is 2.45. The van der Waals surface area contributed by atoms with Crippen molar-refractivity contribution in [1.82, 2.24) is 10.2 Å². The van der Waals surface area contributed by atoms with E-state index in [1.54, 1.807) is 37.3 Å². The Morgan fingerprint density at radius 3 is 2.26 bits per heavy atom. The van der Waals surface area contributed by atoms with Crippen LogP contribution in [0, 0.1) is 6.92 Å².